The van der Waals surface area contributed by atoms with Gasteiger partial charge in [-0.2, -0.15) is 0 Å². The third-order valence-electron chi connectivity index (χ3n) is 6.29. The Labute approximate surface area is 226 Å². The molecule has 1 amide bonds. The Balaban J connectivity index is 0.00000320. The van der Waals surface area contributed by atoms with Gasteiger partial charge in [-0.3, -0.25) is 14.6 Å². The van der Waals surface area contributed by atoms with Gasteiger partial charge in [0.2, 0.25) is 0 Å². The number of amides is 1. The van der Waals surface area contributed by atoms with E-state index in [1.807, 2.05) is 42.5 Å². The number of carbonyl (C=O) groups is 1. The number of hydrogen-bond acceptors (Lipinski definition) is 8. The predicted molar refractivity (Wildman–Crippen MR) is 149 cm³/mol. The molecule has 0 atom stereocenters. The number of thiazole rings is 1. The number of ether oxygens (including phenoxy) is 2. The highest BCUT2D eigenvalue weighted by Gasteiger charge is 2.27. The lowest BCUT2D eigenvalue weighted by Gasteiger charge is -2.29. The molecule has 1 aromatic heterocycles. The second-order valence-corrected chi connectivity index (χ2v) is 11.7. The van der Waals surface area contributed by atoms with Crippen LogP contribution in [-0.4, -0.2) is 77.0 Å². The van der Waals surface area contributed by atoms with E-state index in [1.54, 1.807) is 24.1 Å². The van der Waals surface area contributed by atoms with Gasteiger partial charge in [-0.25, -0.2) is 13.4 Å². The first-order valence-electron chi connectivity index (χ1n) is 11.6. The summed E-state index contributed by atoms with van der Waals surface area (Å²) in [5, 5.41) is 2.36. The van der Waals surface area contributed by atoms with Gasteiger partial charge in [0.25, 0.3) is 5.91 Å². The summed E-state index contributed by atoms with van der Waals surface area (Å²) in [5.41, 5.74) is 0.815. The molecule has 0 unspecified atom stereocenters. The minimum absolute atomic E-state index is 0. The molecule has 1 aliphatic rings. The number of anilines is 1. The average molecular weight is 562 g/mol. The summed E-state index contributed by atoms with van der Waals surface area (Å²) in [4.78, 5) is 22.8. The number of para-hydroxylation sites is 1. The maximum Gasteiger partial charge on any atom is 0.263 e. The zero-order valence-electron chi connectivity index (χ0n) is 20.5. The summed E-state index contributed by atoms with van der Waals surface area (Å²) in [6, 6.07) is 16.6. The number of rotatable bonds is 7. The molecule has 0 saturated carbocycles. The van der Waals surface area contributed by atoms with Crippen LogP contribution in [0.3, 0.4) is 0 Å². The van der Waals surface area contributed by atoms with E-state index in [4.69, 9.17) is 9.47 Å². The number of aromatic nitrogens is 1. The third kappa shape index (κ3) is 5.73. The van der Waals surface area contributed by atoms with E-state index >= 15 is 0 Å². The Kier molecular flexibility index (Phi) is 8.35. The fraction of sp³-hybridized carbons (Fsp3) is 0.308. The van der Waals surface area contributed by atoms with Crippen LogP contribution in [0, 0.1) is 0 Å². The summed E-state index contributed by atoms with van der Waals surface area (Å²) in [5.74, 6) is 0.235. The fourth-order valence-corrected chi connectivity index (χ4v) is 6.29. The first kappa shape index (κ1) is 27.3. The molecule has 37 heavy (non-hydrogen) atoms. The van der Waals surface area contributed by atoms with Crippen molar-refractivity contribution in [1.29, 1.82) is 0 Å². The molecule has 1 fully saturated rings. The van der Waals surface area contributed by atoms with E-state index < -0.39 is 9.84 Å². The van der Waals surface area contributed by atoms with Crippen LogP contribution < -0.4 is 9.64 Å². The van der Waals surface area contributed by atoms with E-state index in [0.717, 1.165) is 23.9 Å². The van der Waals surface area contributed by atoms with Crippen molar-refractivity contribution in [2.24, 2.45) is 0 Å². The third-order valence-corrected chi connectivity index (χ3v) is 8.46. The largest absolute Gasteiger partial charge is 0.496 e. The monoisotopic (exact) mass is 561 g/mol. The van der Waals surface area contributed by atoms with Crippen molar-refractivity contribution in [1.82, 2.24) is 9.88 Å². The van der Waals surface area contributed by atoms with Crippen LogP contribution in [0.15, 0.2) is 59.5 Å². The number of hydrogen-bond donors (Lipinski definition) is 0. The Hall–Kier alpha value is -2.76. The van der Waals surface area contributed by atoms with E-state index in [0.29, 0.717) is 53.0 Å². The summed E-state index contributed by atoms with van der Waals surface area (Å²) in [6.07, 6.45) is 1.17. The van der Waals surface area contributed by atoms with Gasteiger partial charge in [0.15, 0.2) is 15.0 Å². The number of morpholine rings is 1. The van der Waals surface area contributed by atoms with Gasteiger partial charge in [0.05, 0.1) is 35.5 Å². The van der Waals surface area contributed by atoms with Crippen LogP contribution in [-0.2, 0) is 14.6 Å². The molecule has 0 bridgehead atoms. The number of benzene rings is 3. The summed E-state index contributed by atoms with van der Waals surface area (Å²) in [6.45, 7) is 3.93. The second kappa shape index (κ2) is 11.3. The van der Waals surface area contributed by atoms with Gasteiger partial charge < -0.3 is 9.47 Å². The van der Waals surface area contributed by atoms with Crippen LogP contribution in [0.1, 0.15) is 10.4 Å². The fourth-order valence-electron chi connectivity index (χ4n) is 4.38. The van der Waals surface area contributed by atoms with E-state index in [9.17, 15) is 13.2 Å². The Bertz CT molecular complexity index is 1530. The van der Waals surface area contributed by atoms with Crippen molar-refractivity contribution >= 4 is 65.6 Å². The van der Waals surface area contributed by atoms with Crippen LogP contribution in [0.2, 0.25) is 0 Å². The average Bonchev–Trinajstić information content (AvgIpc) is 3.31. The van der Waals surface area contributed by atoms with Crippen LogP contribution in [0.4, 0.5) is 5.13 Å². The van der Waals surface area contributed by atoms with Crippen molar-refractivity contribution in [2.75, 3.05) is 57.7 Å². The minimum atomic E-state index is -3.48. The summed E-state index contributed by atoms with van der Waals surface area (Å²) < 4.78 is 36.5. The molecule has 3 aromatic carbocycles. The van der Waals surface area contributed by atoms with Crippen molar-refractivity contribution in [3.8, 4) is 5.75 Å². The second-order valence-electron chi connectivity index (χ2n) is 8.68. The van der Waals surface area contributed by atoms with Crippen LogP contribution in [0.25, 0.3) is 21.0 Å². The Morgan fingerprint density at radius 3 is 2.49 bits per heavy atom. The first-order chi connectivity index (χ1) is 17.3. The molecule has 0 radical (unpaired) electrons. The highest BCUT2D eigenvalue weighted by molar-refractivity contribution is 7.91. The minimum Gasteiger partial charge on any atom is -0.496 e. The van der Waals surface area contributed by atoms with Gasteiger partial charge in [-0.05, 0) is 35.0 Å². The molecule has 4 aromatic rings. The molecule has 0 N–H and O–H groups in total. The van der Waals surface area contributed by atoms with Gasteiger partial charge >= 0.3 is 0 Å². The molecular weight excluding hydrogens is 534 g/mol. The van der Waals surface area contributed by atoms with E-state index in [2.05, 4.69) is 9.88 Å². The highest BCUT2D eigenvalue weighted by atomic mass is 35.5. The van der Waals surface area contributed by atoms with Crippen molar-refractivity contribution in [2.45, 2.75) is 4.90 Å². The number of methoxy groups -OCH3 is 1. The molecule has 1 aliphatic heterocycles. The molecule has 0 spiro atoms. The zero-order chi connectivity index (χ0) is 25.3. The molecule has 8 nitrogen and oxygen atoms in total. The van der Waals surface area contributed by atoms with Gasteiger partial charge in [0.1, 0.15) is 11.3 Å². The molecule has 11 heteroatoms. The standard InChI is InChI=1S/C26H27N3O5S2.ClH/c1-33-21-17-19-7-4-3-6-18(19)16-20(21)25(30)29(11-10-28-12-14-34-15-13-28)26-27-24-22(35-26)8-5-9-23(24)36(2,31)32;/h3-9,16-17H,10-15H2,1-2H3;1H. The number of sulfone groups is 1. The normalized spacial score (nSPS) is 14.4. The van der Waals surface area contributed by atoms with Crippen molar-refractivity contribution < 1.29 is 22.7 Å². The Morgan fingerprint density at radius 2 is 1.81 bits per heavy atom. The summed E-state index contributed by atoms with van der Waals surface area (Å²) >= 11 is 1.31. The number of nitrogens with zero attached hydrogens (tertiary/aromatic N) is 3. The zero-order valence-corrected chi connectivity index (χ0v) is 23.0. The molecule has 196 valence electrons. The van der Waals surface area contributed by atoms with Crippen LogP contribution >= 0.6 is 23.7 Å². The number of carbonyl (C=O) groups excluding carboxylic acids is 1. The highest BCUT2D eigenvalue weighted by Crippen LogP contribution is 2.35. The Morgan fingerprint density at radius 1 is 1.11 bits per heavy atom. The quantitative estimate of drug-likeness (QED) is 0.333. The molecular formula is C26H28ClN3O5S2. The van der Waals surface area contributed by atoms with Gasteiger partial charge in [-0.15, -0.1) is 12.4 Å². The lowest BCUT2D eigenvalue weighted by atomic mass is 10.0. The maximum atomic E-state index is 14.1. The smallest absolute Gasteiger partial charge is 0.263 e. The van der Waals surface area contributed by atoms with Gasteiger partial charge in [0, 0.05) is 32.4 Å². The van der Waals surface area contributed by atoms with E-state index in [-0.39, 0.29) is 23.2 Å². The predicted octanol–water partition coefficient (Wildman–Crippen LogP) is 4.26. The topological polar surface area (TPSA) is 89.0 Å². The number of fused-ring (bicyclic) bond motifs is 2. The molecule has 1 saturated heterocycles. The molecule has 0 aliphatic carbocycles. The van der Waals surface area contributed by atoms with Crippen molar-refractivity contribution in [3.63, 3.8) is 0 Å². The van der Waals surface area contributed by atoms with Gasteiger partial charge in [-0.1, -0.05) is 41.7 Å². The van der Waals surface area contributed by atoms with Crippen LogP contribution in [0.5, 0.6) is 5.75 Å². The maximum absolute atomic E-state index is 14.1. The van der Waals surface area contributed by atoms with Crippen molar-refractivity contribution in [3.05, 3.63) is 60.2 Å². The van der Waals surface area contributed by atoms with E-state index in [1.165, 1.54) is 17.6 Å². The SMILES string of the molecule is COc1cc2ccccc2cc1C(=O)N(CCN1CCOCC1)c1nc2c(S(C)(=O)=O)cccc2s1.Cl. The summed E-state index contributed by atoms with van der Waals surface area (Å²) in [7, 11) is -1.93. The lowest BCUT2D eigenvalue weighted by molar-refractivity contribution is 0.0391. The molecule has 5 rings (SSSR count). The first-order valence-corrected chi connectivity index (χ1v) is 14.3. The number of halogens is 1. The molecule has 2 heterocycles. The lowest BCUT2D eigenvalue weighted by Crippen LogP contribution is -2.43.